The molecule has 0 atom stereocenters. The summed E-state index contributed by atoms with van der Waals surface area (Å²) < 4.78 is 3.18. The molecule has 1 fully saturated rings. The van der Waals surface area contributed by atoms with Gasteiger partial charge in [-0.05, 0) is 44.4 Å². The van der Waals surface area contributed by atoms with Crippen LogP contribution in [0.3, 0.4) is 0 Å². The number of halogens is 1. The lowest BCUT2D eigenvalue weighted by Gasteiger charge is -2.23. The Balaban J connectivity index is 1.63. The van der Waals surface area contributed by atoms with Gasteiger partial charge in [0.05, 0.1) is 6.33 Å². The van der Waals surface area contributed by atoms with Crippen LogP contribution in [0.2, 0.25) is 0 Å². The first-order valence-electron chi connectivity index (χ1n) is 10.1. The second kappa shape index (κ2) is 8.47. The molecule has 7 heteroatoms. The smallest absolute Gasteiger partial charge is 0.227 e. The van der Waals surface area contributed by atoms with Gasteiger partial charge in [0.15, 0.2) is 17.0 Å². The molecule has 1 saturated carbocycles. The molecule has 28 heavy (non-hydrogen) atoms. The van der Waals surface area contributed by atoms with E-state index in [9.17, 15) is 0 Å². The van der Waals surface area contributed by atoms with Crippen molar-refractivity contribution in [3.63, 3.8) is 0 Å². The van der Waals surface area contributed by atoms with Gasteiger partial charge < -0.3 is 15.2 Å². The van der Waals surface area contributed by atoms with Crippen LogP contribution in [0.5, 0.6) is 0 Å². The monoisotopic (exact) mass is 442 g/mol. The van der Waals surface area contributed by atoms with Crippen LogP contribution in [0.4, 0.5) is 11.8 Å². The van der Waals surface area contributed by atoms with Gasteiger partial charge >= 0.3 is 0 Å². The quantitative estimate of drug-likeness (QED) is 0.525. The number of nitrogens with zero attached hydrogens (tertiary/aromatic N) is 4. The third-order valence-corrected chi connectivity index (χ3v) is 5.82. The van der Waals surface area contributed by atoms with Crippen molar-refractivity contribution in [1.82, 2.24) is 19.5 Å². The molecule has 4 rings (SSSR count). The summed E-state index contributed by atoms with van der Waals surface area (Å²) in [5, 5.41) is 7.04. The normalized spacial score (nSPS) is 15.3. The minimum absolute atomic E-state index is 0.293. The Morgan fingerprint density at radius 3 is 2.57 bits per heavy atom. The molecule has 0 radical (unpaired) electrons. The van der Waals surface area contributed by atoms with Crippen molar-refractivity contribution in [2.75, 3.05) is 10.6 Å². The summed E-state index contributed by atoms with van der Waals surface area (Å²) >= 11 is 3.48. The number of benzene rings is 1. The summed E-state index contributed by atoms with van der Waals surface area (Å²) in [6.07, 6.45) is 8.12. The van der Waals surface area contributed by atoms with E-state index in [1.54, 1.807) is 0 Å². The number of hydrogen-bond donors (Lipinski definition) is 2. The maximum atomic E-state index is 4.81. The highest BCUT2D eigenvalue weighted by Gasteiger charge is 2.18. The Bertz CT molecular complexity index is 928. The van der Waals surface area contributed by atoms with E-state index in [1.165, 1.54) is 37.7 Å². The molecular weight excluding hydrogens is 416 g/mol. The molecule has 2 heterocycles. The Morgan fingerprint density at radius 1 is 1.11 bits per heavy atom. The lowest BCUT2D eigenvalue weighted by atomic mass is 9.96. The van der Waals surface area contributed by atoms with Gasteiger partial charge in [-0.15, -0.1) is 0 Å². The van der Waals surface area contributed by atoms with E-state index in [0.717, 1.165) is 21.5 Å². The maximum Gasteiger partial charge on any atom is 0.227 e. The van der Waals surface area contributed by atoms with Gasteiger partial charge in [0.25, 0.3) is 0 Å². The van der Waals surface area contributed by atoms with Crippen molar-refractivity contribution < 1.29 is 0 Å². The molecule has 0 spiro atoms. The van der Waals surface area contributed by atoms with Gasteiger partial charge in [-0.2, -0.15) is 9.97 Å². The van der Waals surface area contributed by atoms with Crippen molar-refractivity contribution in [2.45, 2.75) is 64.6 Å². The van der Waals surface area contributed by atoms with E-state index in [-0.39, 0.29) is 0 Å². The molecule has 0 amide bonds. The molecular formula is C21H27BrN6. The summed E-state index contributed by atoms with van der Waals surface area (Å²) in [5.41, 5.74) is 2.89. The first kappa shape index (κ1) is 19.2. The highest BCUT2D eigenvalue weighted by molar-refractivity contribution is 9.10. The average molecular weight is 443 g/mol. The molecule has 0 bridgehead atoms. The molecule has 2 aromatic heterocycles. The molecule has 3 aromatic rings. The van der Waals surface area contributed by atoms with E-state index in [2.05, 4.69) is 74.2 Å². The SMILES string of the molecule is CC(C)n1cnc2c(NCc3ccc(Br)cc3)nc(NC3CCCCC3)nc21. The maximum absolute atomic E-state index is 4.81. The molecule has 0 saturated heterocycles. The molecule has 148 valence electrons. The van der Waals surface area contributed by atoms with Crippen LogP contribution < -0.4 is 10.6 Å². The Morgan fingerprint density at radius 2 is 1.86 bits per heavy atom. The van der Waals surface area contributed by atoms with Gasteiger partial charge in [0.1, 0.15) is 0 Å². The van der Waals surface area contributed by atoms with Crippen molar-refractivity contribution in [2.24, 2.45) is 0 Å². The fourth-order valence-corrected chi connectivity index (χ4v) is 3.96. The summed E-state index contributed by atoms with van der Waals surface area (Å²) in [6, 6.07) is 9.06. The predicted octanol–water partition coefficient (Wildman–Crippen LogP) is 5.53. The summed E-state index contributed by atoms with van der Waals surface area (Å²) in [4.78, 5) is 14.2. The van der Waals surface area contributed by atoms with Gasteiger partial charge in [-0.1, -0.05) is 47.3 Å². The van der Waals surface area contributed by atoms with Crippen LogP contribution >= 0.6 is 15.9 Å². The summed E-state index contributed by atoms with van der Waals surface area (Å²) in [6.45, 7) is 4.98. The van der Waals surface area contributed by atoms with Crippen molar-refractivity contribution in [3.05, 3.63) is 40.6 Å². The van der Waals surface area contributed by atoms with Gasteiger partial charge in [-0.3, -0.25) is 0 Å². The largest absolute Gasteiger partial charge is 0.364 e. The fraction of sp³-hybridized carbons (Fsp3) is 0.476. The minimum atomic E-state index is 0.293. The molecule has 2 N–H and O–H groups in total. The standard InChI is InChI=1S/C21H27BrN6/c1-14(2)28-13-24-18-19(23-12-15-8-10-16(22)11-9-15)26-21(27-20(18)28)25-17-6-4-3-5-7-17/h8-11,13-14,17H,3-7,12H2,1-2H3,(H2,23,25,26,27). The first-order valence-corrected chi connectivity index (χ1v) is 10.9. The van der Waals surface area contributed by atoms with Crippen LogP contribution in [0.1, 0.15) is 57.6 Å². The molecule has 1 aliphatic rings. The van der Waals surface area contributed by atoms with E-state index in [1.807, 2.05) is 6.33 Å². The number of anilines is 2. The predicted molar refractivity (Wildman–Crippen MR) is 118 cm³/mol. The van der Waals surface area contributed by atoms with Crippen LogP contribution in [-0.4, -0.2) is 25.6 Å². The minimum Gasteiger partial charge on any atom is -0.364 e. The number of imidazole rings is 1. The zero-order chi connectivity index (χ0) is 19.5. The van der Waals surface area contributed by atoms with Crippen molar-refractivity contribution in [3.8, 4) is 0 Å². The summed E-state index contributed by atoms with van der Waals surface area (Å²) in [7, 11) is 0. The number of aromatic nitrogens is 4. The highest BCUT2D eigenvalue weighted by atomic mass is 79.9. The fourth-order valence-electron chi connectivity index (χ4n) is 3.70. The van der Waals surface area contributed by atoms with Crippen LogP contribution in [0.25, 0.3) is 11.2 Å². The number of rotatable bonds is 6. The number of hydrogen-bond acceptors (Lipinski definition) is 5. The lowest BCUT2D eigenvalue weighted by molar-refractivity contribution is 0.461. The van der Waals surface area contributed by atoms with Gasteiger partial charge in [0, 0.05) is 23.1 Å². The molecule has 1 aliphatic carbocycles. The molecule has 0 aliphatic heterocycles. The van der Waals surface area contributed by atoms with Crippen LogP contribution in [0.15, 0.2) is 35.1 Å². The lowest BCUT2D eigenvalue weighted by Crippen LogP contribution is -2.24. The Kier molecular flexibility index (Phi) is 5.80. The van der Waals surface area contributed by atoms with E-state index in [4.69, 9.17) is 9.97 Å². The summed E-state index contributed by atoms with van der Waals surface area (Å²) in [5.74, 6) is 1.48. The van der Waals surface area contributed by atoms with Crippen LogP contribution in [0, 0.1) is 0 Å². The number of fused-ring (bicyclic) bond motifs is 1. The average Bonchev–Trinajstić information content (AvgIpc) is 3.12. The van der Waals surface area contributed by atoms with E-state index >= 15 is 0 Å². The zero-order valence-corrected chi connectivity index (χ0v) is 18.0. The van der Waals surface area contributed by atoms with Crippen LogP contribution in [-0.2, 0) is 6.54 Å². The number of nitrogens with one attached hydrogen (secondary N) is 2. The van der Waals surface area contributed by atoms with Crippen molar-refractivity contribution in [1.29, 1.82) is 0 Å². The highest BCUT2D eigenvalue weighted by Crippen LogP contribution is 2.26. The van der Waals surface area contributed by atoms with Crippen molar-refractivity contribution >= 4 is 38.9 Å². The van der Waals surface area contributed by atoms with E-state index < -0.39 is 0 Å². The third kappa shape index (κ3) is 4.29. The Labute approximate surface area is 174 Å². The first-order chi connectivity index (χ1) is 13.6. The zero-order valence-electron chi connectivity index (χ0n) is 16.5. The third-order valence-electron chi connectivity index (χ3n) is 5.29. The second-order valence-corrected chi connectivity index (χ2v) is 8.69. The molecule has 1 aromatic carbocycles. The molecule has 6 nitrogen and oxygen atoms in total. The van der Waals surface area contributed by atoms with Gasteiger partial charge in [0.2, 0.25) is 5.95 Å². The Hall–Kier alpha value is -2.15. The van der Waals surface area contributed by atoms with E-state index in [0.29, 0.717) is 24.6 Å². The molecule has 0 unspecified atom stereocenters. The second-order valence-electron chi connectivity index (χ2n) is 7.77. The van der Waals surface area contributed by atoms with Gasteiger partial charge in [-0.25, -0.2) is 4.98 Å². The topological polar surface area (TPSA) is 67.7 Å².